The van der Waals surface area contributed by atoms with Gasteiger partial charge in [-0.3, -0.25) is 4.79 Å². The predicted octanol–water partition coefficient (Wildman–Crippen LogP) is 2.70. The number of benzene rings is 1. The molecule has 0 fully saturated rings. The average Bonchev–Trinajstić information content (AvgIpc) is 2.44. The minimum absolute atomic E-state index is 0.178. The van der Waals surface area contributed by atoms with E-state index in [1.807, 2.05) is 0 Å². The Morgan fingerprint density at radius 1 is 1.24 bits per heavy atom. The van der Waals surface area contributed by atoms with Gasteiger partial charge in [-0.1, -0.05) is 27.2 Å². The number of nitrogens with one attached hydrogen (secondary N) is 1. The first-order valence-corrected chi connectivity index (χ1v) is 7.22. The van der Waals surface area contributed by atoms with Crippen LogP contribution in [0.4, 0.5) is 0 Å². The van der Waals surface area contributed by atoms with Crippen LogP contribution in [0.25, 0.3) is 0 Å². The van der Waals surface area contributed by atoms with Crippen LogP contribution < -0.4 is 10.1 Å². The molecule has 0 radical (unpaired) electrons. The van der Waals surface area contributed by atoms with Crippen LogP contribution in [-0.4, -0.2) is 29.6 Å². The van der Waals surface area contributed by atoms with Gasteiger partial charge in [0.25, 0.3) is 5.91 Å². The predicted molar refractivity (Wildman–Crippen MR) is 80.6 cm³/mol. The lowest BCUT2D eigenvalue weighted by atomic mass is 10.0. The van der Waals surface area contributed by atoms with E-state index in [0.29, 0.717) is 17.9 Å². The summed E-state index contributed by atoms with van der Waals surface area (Å²) in [5.74, 6) is -0.893. The van der Waals surface area contributed by atoms with Crippen LogP contribution in [0.2, 0.25) is 0 Å². The van der Waals surface area contributed by atoms with Crippen LogP contribution in [0.15, 0.2) is 24.3 Å². The van der Waals surface area contributed by atoms with E-state index in [2.05, 4.69) is 12.2 Å². The number of hydrogen-bond acceptors (Lipinski definition) is 3. The minimum atomic E-state index is -1.03. The van der Waals surface area contributed by atoms with E-state index < -0.39 is 17.9 Å². The summed E-state index contributed by atoms with van der Waals surface area (Å²) < 4.78 is 5.51. The highest BCUT2D eigenvalue weighted by Gasteiger charge is 2.23. The lowest BCUT2D eigenvalue weighted by molar-refractivity contribution is -0.140. The first-order valence-electron chi connectivity index (χ1n) is 7.22. The second kappa shape index (κ2) is 8.29. The number of ether oxygens (including phenoxy) is 1. The van der Waals surface area contributed by atoms with Gasteiger partial charge in [-0.25, -0.2) is 4.79 Å². The molecule has 1 rings (SSSR count). The summed E-state index contributed by atoms with van der Waals surface area (Å²) in [5.41, 5.74) is 0.421. The molecule has 0 saturated heterocycles. The lowest BCUT2D eigenvalue weighted by Gasteiger charge is -2.18. The van der Waals surface area contributed by atoms with Crippen molar-refractivity contribution >= 4 is 11.9 Å². The molecule has 116 valence electrons. The maximum atomic E-state index is 12.0. The summed E-state index contributed by atoms with van der Waals surface area (Å²) in [4.78, 5) is 23.1. The first-order chi connectivity index (χ1) is 9.95. The van der Waals surface area contributed by atoms with Crippen LogP contribution in [0, 0.1) is 5.92 Å². The molecule has 0 aliphatic rings. The number of unbranched alkanes of at least 4 members (excludes halogenated alkanes) is 1. The van der Waals surface area contributed by atoms with Gasteiger partial charge in [0.15, 0.2) is 0 Å². The molecule has 1 amide bonds. The molecule has 0 bridgehead atoms. The number of aliphatic carboxylic acids is 1. The van der Waals surface area contributed by atoms with Crippen molar-refractivity contribution in [3.63, 3.8) is 0 Å². The summed E-state index contributed by atoms with van der Waals surface area (Å²) in [6, 6.07) is 5.81. The number of hydrogen-bond donors (Lipinski definition) is 2. The molecular formula is C16H23NO4. The topological polar surface area (TPSA) is 75.6 Å². The van der Waals surface area contributed by atoms with Gasteiger partial charge in [0.1, 0.15) is 11.8 Å². The number of carboxylic acid groups (broad SMARTS) is 1. The van der Waals surface area contributed by atoms with Crippen molar-refractivity contribution in [2.75, 3.05) is 6.61 Å². The van der Waals surface area contributed by atoms with E-state index in [4.69, 9.17) is 9.84 Å². The van der Waals surface area contributed by atoms with E-state index in [-0.39, 0.29) is 5.92 Å². The standard InChI is InChI=1S/C16H23NO4/c1-4-5-10-21-13-8-6-12(7-9-13)15(18)17-14(11(2)3)16(19)20/h6-9,11,14H,4-5,10H2,1-3H3,(H,17,18)(H,19,20)/t14-/m1/s1. The van der Waals surface area contributed by atoms with Crippen LogP contribution in [0.3, 0.4) is 0 Å². The van der Waals surface area contributed by atoms with Crippen molar-refractivity contribution < 1.29 is 19.4 Å². The van der Waals surface area contributed by atoms with Gasteiger partial charge in [-0.05, 0) is 36.6 Å². The van der Waals surface area contributed by atoms with Gasteiger partial charge in [0.05, 0.1) is 6.61 Å². The molecule has 5 nitrogen and oxygen atoms in total. The molecule has 0 heterocycles. The fourth-order valence-corrected chi connectivity index (χ4v) is 1.78. The van der Waals surface area contributed by atoms with Crippen molar-refractivity contribution in [1.82, 2.24) is 5.32 Å². The van der Waals surface area contributed by atoms with Gasteiger partial charge in [-0.15, -0.1) is 0 Å². The highest BCUT2D eigenvalue weighted by molar-refractivity contribution is 5.96. The summed E-state index contributed by atoms with van der Waals surface area (Å²) >= 11 is 0. The second-order valence-electron chi connectivity index (χ2n) is 5.26. The highest BCUT2D eigenvalue weighted by atomic mass is 16.5. The molecule has 21 heavy (non-hydrogen) atoms. The lowest BCUT2D eigenvalue weighted by Crippen LogP contribution is -2.44. The fraction of sp³-hybridized carbons (Fsp3) is 0.500. The van der Waals surface area contributed by atoms with E-state index >= 15 is 0 Å². The molecule has 0 aliphatic heterocycles. The largest absolute Gasteiger partial charge is 0.494 e. The van der Waals surface area contributed by atoms with E-state index in [0.717, 1.165) is 12.8 Å². The maximum absolute atomic E-state index is 12.0. The highest BCUT2D eigenvalue weighted by Crippen LogP contribution is 2.13. The van der Waals surface area contributed by atoms with Crippen molar-refractivity contribution in [1.29, 1.82) is 0 Å². The Balaban J connectivity index is 2.64. The molecule has 0 aliphatic carbocycles. The zero-order valence-electron chi connectivity index (χ0n) is 12.8. The van der Waals surface area contributed by atoms with Gasteiger partial charge in [-0.2, -0.15) is 0 Å². The van der Waals surface area contributed by atoms with Gasteiger partial charge >= 0.3 is 5.97 Å². The summed E-state index contributed by atoms with van der Waals surface area (Å²) in [7, 11) is 0. The van der Waals surface area contributed by atoms with Crippen molar-refractivity contribution in [2.45, 2.75) is 39.7 Å². The maximum Gasteiger partial charge on any atom is 0.326 e. The van der Waals surface area contributed by atoms with E-state index in [1.165, 1.54) is 0 Å². The number of amides is 1. The molecule has 1 aromatic rings. The fourth-order valence-electron chi connectivity index (χ4n) is 1.78. The molecule has 5 heteroatoms. The van der Waals surface area contributed by atoms with Crippen LogP contribution in [0.5, 0.6) is 5.75 Å². The normalized spacial score (nSPS) is 12.0. The number of rotatable bonds is 8. The van der Waals surface area contributed by atoms with Gasteiger partial charge < -0.3 is 15.2 Å². The first kappa shape index (κ1) is 17.0. The Morgan fingerprint density at radius 2 is 1.86 bits per heavy atom. The molecule has 2 N–H and O–H groups in total. The smallest absolute Gasteiger partial charge is 0.326 e. The number of carbonyl (C=O) groups is 2. The van der Waals surface area contributed by atoms with Gasteiger partial charge in [0.2, 0.25) is 0 Å². The number of carbonyl (C=O) groups excluding carboxylic acids is 1. The van der Waals surface area contributed by atoms with Crippen LogP contribution in [-0.2, 0) is 4.79 Å². The Labute approximate surface area is 125 Å². The van der Waals surface area contributed by atoms with Crippen molar-refractivity contribution in [3.05, 3.63) is 29.8 Å². The molecule has 0 spiro atoms. The monoisotopic (exact) mass is 293 g/mol. The Morgan fingerprint density at radius 3 is 2.33 bits per heavy atom. The quantitative estimate of drug-likeness (QED) is 0.723. The zero-order valence-corrected chi connectivity index (χ0v) is 12.8. The third kappa shape index (κ3) is 5.45. The third-order valence-electron chi connectivity index (χ3n) is 3.10. The van der Waals surface area contributed by atoms with E-state index in [1.54, 1.807) is 38.1 Å². The van der Waals surface area contributed by atoms with Crippen LogP contribution >= 0.6 is 0 Å². The van der Waals surface area contributed by atoms with E-state index in [9.17, 15) is 9.59 Å². The summed E-state index contributed by atoms with van der Waals surface area (Å²) in [5, 5.41) is 11.6. The Hall–Kier alpha value is -2.04. The van der Waals surface area contributed by atoms with Gasteiger partial charge in [0, 0.05) is 5.56 Å². The molecule has 0 aromatic heterocycles. The molecular weight excluding hydrogens is 270 g/mol. The van der Waals surface area contributed by atoms with Crippen molar-refractivity contribution in [3.8, 4) is 5.75 Å². The zero-order chi connectivity index (χ0) is 15.8. The molecule has 1 aromatic carbocycles. The molecule has 0 saturated carbocycles. The Kier molecular flexibility index (Phi) is 6.72. The molecule has 1 atom stereocenters. The van der Waals surface area contributed by atoms with Crippen molar-refractivity contribution in [2.24, 2.45) is 5.92 Å². The average molecular weight is 293 g/mol. The number of carboxylic acids is 1. The van der Waals surface area contributed by atoms with Crippen LogP contribution in [0.1, 0.15) is 44.0 Å². The Bertz CT molecular complexity index is 468. The summed E-state index contributed by atoms with van der Waals surface area (Å²) in [6.07, 6.45) is 2.04. The second-order valence-corrected chi connectivity index (χ2v) is 5.26. The third-order valence-corrected chi connectivity index (χ3v) is 3.10. The minimum Gasteiger partial charge on any atom is -0.494 e. The summed E-state index contributed by atoms with van der Waals surface area (Å²) in [6.45, 7) is 6.24. The SMILES string of the molecule is CCCCOc1ccc(C(=O)N[C@@H](C(=O)O)C(C)C)cc1. The molecule has 0 unspecified atom stereocenters.